The third kappa shape index (κ3) is 4.74. The van der Waals surface area contributed by atoms with Gasteiger partial charge in [0.25, 0.3) is 11.5 Å². The molecule has 0 unspecified atom stereocenters. The Morgan fingerprint density at radius 3 is 2.67 bits per heavy atom. The first kappa shape index (κ1) is 18.7. The van der Waals surface area contributed by atoms with Gasteiger partial charge in [0.05, 0.1) is 5.69 Å². The molecule has 138 valence electrons. The van der Waals surface area contributed by atoms with Gasteiger partial charge >= 0.3 is 0 Å². The molecular formula is C20H18ClN3O3. The van der Waals surface area contributed by atoms with Crippen LogP contribution in [0.15, 0.2) is 59.4 Å². The van der Waals surface area contributed by atoms with Gasteiger partial charge in [-0.3, -0.25) is 9.59 Å². The molecule has 0 bridgehead atoms. The average molecular weight is 384 g/mol. The minimum absolute atomic E-state index is 0.175. The number of rotatable bonds is 5. The van der Waals surface area contributed by atoms with Crippen molar-refractivity contribution in [1.82, 2.24) is 9.78 Å². The van der Waals surface area contributed by atoms with E-state index < -0.39 is 0 Å². The summed E-state index contributed by atoms with van der Waals surface area (Å²) < 4.78 is 6.67. The fraction of sp³-hybridized carbons (Fsp3) is 0.150. The molecule has 6 nitrogen and oxygen atoms in total. The van der Waals surface area contributed by atoms with E-state index in [1.807, 2.05) is 32.0 Å². The van der Waals surface area contributed by atoms with E-state index in [2.05, 4.69) is 10.4 Å². The maximum atomic E-state index is 12.1. The number of ether oxygens (including phenoxy) is 1. The normalized spacial score (nSPS) is 10.5. The molecule has 0 spiro atoms. The fourth-order valence-corrected chi connectivity index (χ4v) is 2.61. The van der Waals surface area contributed by atoms with Crippen molar-refractivity contribution in [3.63, 3.8) is 0 Å². The lowest BCUT2D eigenvalue weighted by Gasteiger charge is -2.10. The van der Waals surface area contributed by atoms with Crippen molar-refractivity contribution in [2.75, 3.05) is 11.9 Å². The topological polar surface area (TPSA) is 73.2 Å². The Morgan fingerprint density at radius 2 is 1.93 bits per heavy atom. The van der Waals surface area contributed by atoms with Gasteiger partial charge in [0.1, 0.15) is 0 Å². The minimum Gasteiger partial charge on any atom is -0.467 e. The third-order valence-electron chi connectivity index (χ3n) is 3.97. The molecule has 0 fully saturated rings. The molecule has 7 heteroatoms. The summed E-state index contributed by atoms with van der Waals surface area (Å²) in [6.45, 7) is 3.71. The van der Waals surface area contributed by atoms with Gasteiger partial charge in [-0.15, -0.1) is 5.10 Å². The minimum atomic E-state index is -0.358. The van der Waals surface area contributed by atoms with E-state index in [4.69, 9.17) is 16.3 Å². The summed E-state index contributed by atoms with van der Waals surface area (Å²) in [4.78, 5) is 24.2. The van der Waals surface area contributed by atoms with E-state index in [9.17, 15) is 9.59 Å². The van der Waals surface area contributed by atoms with Crippen LogP contribution in [-0.4, -0.2) is 22.3 Å². The maximum Gasteiger partial charge on any atom is 0.271 e. The fourth-order valence-electron chi connectivity index (χ4n) is 2.42. The van der Waals surface area contributed by atoms with Crippen molar-refractivity contribution in [1.29, 1.82) is 0 Å². The summed E-state index contributed by atoms with van der Waals surface area (Å²) >= 11 is 5.89. The molecular weight excluding hydrogens is 366 g/mol. The van der Waals surface area contributed by atoms with Crippen molar-refractivity contribution in [3.05, 3.63) is 81.1 Å². The Hall–Kier alpha value is -3.12. The molecule has 0 saturated heterocycles. The Labute approximate surface area is 161 Å². The summed E-state index contributed by atoms with van der Waals surface area (Å²) in [5.74, 6) is -0.183. The van der Waals surface area contributed by atoms with Gasteiger partial charge in [-0.05, 0) is 55.3 Å². The predicted molar refractivity (Wildman–Crippen MR) is 105 cm³/mol. The van der Waals surface area contributed by atoms with Crippen LogP contribution in [0.2, 0.25) is 5.02 Å². The first-order valence-electron chi connectivity index (χ1n) is 8.28. The highest BCUT2D eigenvalue weighted by atomic mass is 35.5. The first-order valence-corrected chi connectivity index (χ1v) is 8.66. The van der Waals surface area contributed by atoms with Gasteiger partial charge < -0.3 is 10.1 Å². The van der Waals surface area contributed by atoms with Crippen LogP contribution in [0.3, 0.4) is 0 Å². The Kier molecular flexibility index (Phi) is 5.57. The largest absolute Gasteiger partial charge is 0.467 e. The number of carbonyl (C=O) groups is 1. The lowest BCUT2D eigenvalue weighted by Crippen LogP contribution is -2.23. The number of aromatic nitrogens is 2. The van der Waals surface area contributed by atoms with Gasteiger partial charge in [0.15, 0.2) is 6.61 Å². The summed E-state index contributed by atoms with van der Waals surface area (Å²) in [6, 6.07) is 15.2. The van der Waals surface area contributed by atoms with Crippen LogP contribution in [0.4, 0.5) is 5.69 Å². The molecule has 2 aromatic carbocycles. The van der Waals surface area contributed by atoms with Crippen molar-refractivity contribution in [3.8, 4) is 11.6 Å². The third-order valence-corrected chi connectivity index (χ3v) is 4.21. The van der Waals surface area contributed by atoms with Crippen LogP contribution in [-0.2, 0) is 4.79 Å². The van der Waals surface area contributed by atoms with Crippen LogP contribution in [0, 0.1) is 13.8 Å². The second-order valence-corrected chi connectivity index (χ2v) is 6.47. The second kappa shape index (κ2) is 8.05. The molecule has 1 amide bonds. The second-order valence-electron chi connectivity index (χ2n) is 6.04. The highest BCUT2D eigenvalue weighted by Gasteiger charge is 2.08. The molecule has 0 radical (unpaired) electrons. The van der Waals surface area contributed by atoms with Crippen LogP contribution in [0.25, 0.3) is 5.69 Å². The zero-order valence-corrected chi connectivity index (χ0v) is 15.7. The number of hydrogen-bond acceptors (Lipinski definition) is 4. The number of anilines is 1. The van der Waals surface area contributed by atoms with E-state index in [-0.39, 0.29) is 24.0 Å². The van der Waals surface area contributed by atoms with Gasteiger partial charge in [0, 0.05) is 22.8 Å². The lowest BCUT2D eigenvalue weighted by molar-refractivity contribution is -0.118. The molecule has 0 aliphatic rings. The number of nitrogens with one attached hydrogen (secondary N) is 1. The maximum absolute atomic E-state index is 12.1. The number of aryl methyl sites for hydroxylation is 2. The van der Waals surface area contributed by atoms with Gasteiger partial charge in [-0.1, -0.05) is 23.7 Å². The zero-order chi connectivity index (χ0) is 19.4. The summed E-state index contributed by atoms with van der Waals surface area (Å²) in [5, 5.41) is 7.39. The average Bonchev–Trinajstić information content (AvgIpc) is 2.63. The standard InChI is InChI=1S/C20H18ClN3O3/c1-13-6-7-17(10-14(13)2)24-20(26)9-8-19(23-24)27-12-18(25)22-16-5-3-4-15(21)11-16/h3-11H,12H2,1-2H3,(H,22,25). The first-order chi connectivity index (χ1) is 12.9. The number of carbonyl (C=O) groups excluding carboxylic acids is 1. The van der Waals surface area contributed by atoms with E-state index in [0.717, 1.165) is 11.1 Å². The predicted octanol–water partition coefficient (Wildman–Crippen LogP) is 3.52. The van der Waals surface area contributed by atoms with E-state index in [1.54, 1.807) is 24.3 Å². The molecule has 0 atom stereocenters. The highest BCUT2D eigenvalue weighted by molar-refractivity contribution is 6.30. The molecule has 3 rings (SSSR count). The lowest BCUT2D eigenvalue weighted by atomic mass is 10.1. The van der Waals surface area contributed by atoms with Crippen molar-refractivity contribution in [2.24, 2.45) is 0 Å². The Balaban J connectivity index is 1.71. The molecule has 0 saturated carbocycles. The van der Waals surface area contributed by atoms with Gasteiger partial charge in [-0.2, -0.15) is 4.68 Å². The quantitative estimate of drug-likeness (QED) is 0.731. The van der Waals surface area contributed by atoms with Gasteiger partial charge in [0.2, 0.25) is 5.88 Å². The zero-order valence-electron chi connectivity index (χ0n) is 14.9. The number of hydrogen-bond donors (Lipinski definition) is 1. The Bertz CT molecular complexity index is 1050. The van der Waals surface area contributed by atoms with E-state index in [0.29, 0.717) is 16.4 Å². The monoisotopic (exact) mass is 383 g/mol. The van der Waals surface area contributed by atoms with Crippen LogP contribution < -0.4 is 15.6 Å². The molecule has 1 N–H and O–H groups in total. The summed E-state index contributed by atoms with van der Waals surface area (Å²) in [5.41, 5.74) is 3.10. The van der Waals surface area contributed by atoms with E-state index >= 15 is 0 Å². The van der Waals surface area contributed by atoms with E-state index in [1.165, 1.54) is 16.8 Å². The highest BCUT2D eigenvalue weighted by Crippen LogP contribution is 2.15. The van der Waals surface area contributed by atoms with Crippen LogP contribution in [0.5, 0.6) is 5.88 Å². The molecule has 27 heavy (non-hydrogen) atoms. The molecule has 1 aromatic heterocycles. The number of halogens is 1. The van der Waals surface area contributed by atoms with Crippen LogP contribution in [0.1, 0.15) is 11.1 Å². The molecule has 1 heterocycles. The Morgan fingerprint density at radius 1 is 1.11 bits per heavy atom. The summed E-state index contributed by atoms with van der Waals surface area (Å²) in [6.07, 6.45) is 0. The van der Waals surface area contributed by atoms with Gasteiger partial charge in [-0.25, -0.2) is 0 Å². The molecule has 0 aliphatic carbocycles. The van der Waals surface area contributed by atoms with Crippen LogP contribution >= 0.6 is 11.6 Å². The SMILES string of the molecule is Cc1ccc(-n2nc(OCC(=O)Nc3cccc(Cl)c3)ccc2=O)cc1C. The summed E-state index contributed by atoms with van der Waals surface area (Å²) in [7, 11) is 0. The molecule has 0 aliphatic heterocycles. The number of amides is 1. The van der Waals surface area contributed by atoms with Crippen molar-refractivity contribution in [2.45, 2.75) is 13.8 Å². The molecule has 3 aromatic rings. The number of benzene rings is 2. The van der Waals surface area contributed by atoms with Crippen molar-refractivity contribution >= 4 is 23.2 Å². The van der Waals surface area contributed by atoms with Crippen molar-refractivity contribution < 1.29 is 9.53 Å². The smallest absolute Gasteiger partial charge is 0.271 e. The number of nitrogens with zero attached hydrogens (tertiary/aromatic N) is 2.